The lowest BCUT2D eigenvalue weighted by Crippen LogP contribution is -2.39. The van der Waals surface area contributed by atoms with Crippen molar-refractivity contribution in [1.82, 2.24) is 4.98 Å². The number of carbonyl (C=O) groups is 2. The van der Waals surface area contributed by atoms with E-state index >= 15 is 0 Å². The van der Waals surface area contributed by atoms with Gasteiger partial charge in [-0.1, -0.05) is 0 Å². The maximum absolute atomic E-state index is 11.6. The highest BCUT2D eigenvalue weighted by Gasteiger charge is 2.56. The van der Waals surface area contributed by atoms with Crippen molar-refractivity contribution in [3.05, 3.63) is 11.9 Å². The molecule has 3 rings (SSSR count). The summed E-state index contributed by atoms with van der Waals surface area (Å²) in [6, 6.07) is 0. The summed E-state index contributed by atoms with van der Waals surface area (Å²) < 4.78 is 5.47. The van der Waals surface area contributed by atoms with Crippen LogP contribution >= 0.6 is 0 Å². The molecule has 6 nitrogen and oxygen atoms in total. The lowest BCUT2D eigenvalue weighted by molar-refractivity contribution is -0.125. The Hall–Kier alpha value is -1.98. The Kier molecular flexibility index (Phi) is 1.30. The van der Waals surface area contributed by atoms with Gasteiger partial charge in [-0.3, -0.25) is 4.79 Å². The first-order chi connectivity index (χ1) is 7.12. The molecule has 1 amide bonds. The van der Waals surface area contributed by atoms with Crippen molar-refractivity contribution in [1.29, 1.82) is 0 Å². The minimum absolute atomic E-state index is 0.0474. The minimum Gasteiger partial charge on any atom is -0.477 e. The Balaban J connectivity index is 2.06. The SMILES string of the molecule is O=C(O)c1[nH]cc2c1NC(=O)C1(CC1)O2. The van der Waals surface area contributed by atoms with E-state index in [1.54, 1.807) is 0 Å². The number of anilines is 1. The molecule has 0 radical (unpaired) electrons. The number of carboxylic acids is 1. The molecule has 0 saturated heterocycles. The monoisotopic (exact) mass is 208 g/mol. The maximum Gasteiger partial charge on any atom is 0.354 e. The first-order valence-corrected chi connectivity index (χ1v) is 4.57. The zero-order valence-corrected chi connectivity index (χ0v) is 7.66. The molecule has 2 heterocycles. The molecule has 0 aromatic carbocycles. The lowest BCUT2D eigenvalue weighted by atomic mass is 10.2. The summed E-state index contributed by atoms with van der Waals surface area (Å²) in [7, 11) is 0. The smallest absolute Gasteiger partial charge is 0.354 e. The summed E-state index contributed by atoms with van der Waals surface area (Å²) >= 11 is 0. The second kappa shape index (κ2) is 2.33. The quantitative estimate of drug-likeness (QED) is 0.629. The van der Waals surface area contributed by atoms with Crippen LogP contribution in [0.25, 0.3) is 0 Å². The van der Waals surface area contributed by atoms with E-state index in [-0.39, 0.29) is 17.3 Å². The fourth-order valence-corrected chi connectivity index (χ4v) is 1.71. The third-order valence-corrected chi connectivity index (χ3v) is 2.72. The van der Waals surface area contributed by atoms with E-state index in [1.165, 1.54) is 6.20 Å². The van der Waals surface area contributed by atoms with Crippen molar-refractivity contribution in [2.24, 2.45) is 0 Å². The van der Waals surface area contributed by atoms with Crippen LogP contribution in [-0.4, -0.2) is 27.6 Å². The van der Waals surface area contributed by atoms with Gasteiger partial charge in [0.25, 0.3) is 5.91 Å². The fourth-order valence-electron chi connectivity index (χ4n) is 1.71. The molecule has 3 N–H and O–H groups in total. The molecule has 1 aliphatic carbocycles. The van der Waals surface area contributed by atoms with E-state index in [0.29, 0.717) is 18.6 Å². The van der Waals surface area contributed by atoms with Crippen LogP contribution in [0.3, 0.4) is 0 Å². The van der Waals surface area contributed by atoms with Gasteiger partial charge in [0, 0.05) is 19.0 Å². The molecule has 1 aromatic heterocycles. The Morgan fingerprint density at radius 3 is 2.87 bits per heavy atom. The van der Waals surface area contributed by atoms with Gasteiger partial charge in [-0.05, 0) is 0 Å². The van der Waals surface area contributed by atoms with Crippen molar-refractivity contribution in [3.63, 3.8) is 0 Å². The minimum atomic E-state index is -1.12. The normalized spacial score (nSPS) is 20.4. The van der Waals surface area contributed by atoms with E-state index in [9.17, 15) is 9.59 Å². The van der Waals surface area contributed by atoms with Gasteiger partial charge in [0.1, 0.15) is 5.69 Å². The van der Waals surface area contributed by atoms with Crippen LogP contribution in [0.2, 0.25) is 0 Å². The zero-order valence-electron chi connectivity index (χ0n) is 7.66. The zero-order chi connectivity index (χ0) is 10.6. The molecule has 0 atom stereocenters. The summed E-state index contributed by atoms with van der Waals surface area (Å²) in [6.07, 6.45) is 2.83. The highest BCUT2D eigenvalue weighted by Crippen LogP contribution is 2.47. The van der Waals surface area contributed by atoms with E-state index in [1.807, 2.05) is 0 Å². The number of aromatic nitrogens is 1. The van der Waals surface area contributed by atoms with Crippen molar-refractivity contribution in [3.8, 4) is 5.75 Å². The van der Waals surface area contributed by atoms with Crippen molar-refractivity contribution < 1.29 is 19.4 Å². The molecular weight excluding hydrogens is 200 g/mol. The molecule has 78 valence electrons. The largest absolute Gasteiger partial charge is 0.477 e. The molecule has 2 aliphatic rings. The van der Waals surface area contributed by atoms with Crippen LogP contribution < -0.4 is 10.1 Å². The highest BCUT2D eigenvalue weighted by atomic mass is 16.5. The third-order valence-electron chi connectivity index (χ3n) is 2.72. The number of carbonyl (C=O) groups excluding carboxylic acids is 1. The number of rotatable bonds is 1. The van der Waals surface area contributed by atoms with Crippen LogP contribution in [0.4, 0.5) is 5.69 Å². The van der Waals surface area contributed by atoms with Gasteiger partial charge in [-0.15, -0.1) is 0 Å². The molecule has 1 saturated carbocycles. The Morgan fingerprint density at radius 1 is 1.53 bits per heavy atom. The Labute approximate surface area is 84.2 Å². The van der Waals surface area contributed by atoms with Crippen LogP contribution in [-0.2, 0) is 4.79 Å². The van der Waals surface area contributed by atoms with Crippen molar-refractivity contribution in [2.45, 2.75) is 18.4 Å². The number of carboxylic acid groups (broad SMARTS) is 1. The van der Waals surface area contributed by atoms with Crippen molar-refractivity contribution in [2.75, 3.05) is 5.32 Å². The number of amides is 1. The Morgan fingerprint density at radius 2 is 2.27 bits per heavy atom. The summed E-state index contributed by atoms with van der Waals surface area (Å²) in [5, 5.41) is 11.4. The molecule has 15 heavy (non-hydrogen) atoms. The van der Waals surface area contributed by atoms with Crippen LogP contribution in [0.1, 0.15) is 23.3 Å². The molecule has 0 bridgehead atoms. The summed E-state index contributed by atoms with van der Waals surface area (Å²) in [5.41, 5.74) is -0.552. The lowest BCUT2D eigenvalue weighted by Gasteiger charge is -2.23. The number of aromatic carboxylic acids is 1. The topological polar surface area (TPSA) is 91.4 Å². The first-order valence-electron chi connectivity index (χ1n) is 4.57. The van der Waals surface area contributed by atoms with E-state index in [2.05, 4.69) is 10.3 Å². The van der Waals surface area contributed by atoms with Gasteiger partial charge in [-0.25, -0.2) is 4.79 Å². The number of fused-ring (bicyclic) bond motifs is 1. The number of hydrogen-bond acceptors (Lipinski definition) is 3. The van der Waals surface area contributed by atoms with Crippen LogP contribution in [0.5, 0.6) is 5.75 Å². The van der Waals surface area contributed by atoms with Gasteiger partial charge < -0.3 is 20.1 Å². The van der Waals surface area contributed by atoms with E-state index < -0.39 is 11.6 Å². The third kappa shape index (κ3) is 0.984. The van der Waals surface area contributed by atoms with E-state index in [4.69, 9.17) is 9.84 Å². The average molecular weight is 208 g/mol. The predicted molar refractivity (Wildman–Crippen MR) is 49.0 cm³/mol. The molecule has 1 aliphatic heterocycles. The van der Waals surface area contributed by atoms with Gasteiger partial charge >= 0.3 is 5.97 Å². The first kappa shape index (κ1) is 8.34. The molecule has 1 spiro atoms. The second-order valence-electron chi connectivity index (χ2n) is 3.76. The predicted octanol–water partition coefficient (Wildman–Crippen LogP) is 0.576. The van der Waals surface area contributed by atoms with Crippen LogP contribution in [0.15, 0.2) is 6.20 Å². The van der Waals surface area contributed by atoms with Crippen molar-refractivity contribution >= 4 is 17.6 Å². The summed E-state index contributed by atoms with van der Waals surface area (Å²) in [4.78, 5) is 24.9. The summed E-state index contributed by atoms with van der Waals surface area (Å²) in [6.45, 7) is 0. The average Bonchev–Trinajstić information content (AvgIpc) is 2.82. The number of ether oxygens (including phenoxy) is 1. The molecule has 0 unspecified atom stereocenters. The molecule has 1 fully saturated rings. The fraction of sp³-hybridized carbons (Fsp3) is 0.333. The summed E-state index contributed by atoms with van der Waals surface area (Å²) in [5.74, 6) is -0.964. The molecule has 1 aromatic rings. The van der Waals surface area contributed by atoms with Gasteiger partial charge in [-0.2, -0.15) is 0 Å². The number of H-pyrrole nitrogens is 1. The van der Waals surface area contributed by atoms with Gasteiger partial charge in [0.05, 0.1) is 0 Å². The van der Waals surface area contributed by atoms with Gasteiger partial charge in [0.15, 0.2) is 17.0 Å². The number of hydrogen-bond donors (Lipinski definition) is 3. The molecular formula is C9H8N2O4. The standard InChI is InChI=1S/C9H8N2O4/c12-7(13)6-5-4(3-10-6)15-9(1-2-9)8(14)11-5/h3,10H,1-2H2,(H,11,14)(H,12,13). The second-order valence-corrected chi connectivity index (χ2v) is 3.76. The highest BCUT2D eigenvalue weighted by molar-refractivity contribution is 6.07. The van der Waals surface area contributed by atoms with E-state index in [0.717, 1.165) is 0 Å². The maximum atomic E-state index is 11.6. The van der Waals surface area contributed by atoms with Crippen LogP contribution in [0, 0.1) is 0 Å². The molecule has 6 heteroatoms. The number of nitrogens with one attached hydrogen (secondary N) is 2. The Bertz CT molecular complexity index is 472. The van der Waals surface area contributed by atoms with Gasteiger partial charge in [0.2, 0.25) is 0 Å². The number of aromatic amines is 1.